The van der Waals surface area contributed by atoms with Gasteiger partial charge in [0, 0.05) is 42.2 Å². The number of piperidine rings is 2. The molecule has 1 amide bonds. The maximum atomic E-state index is 12.8. The summed E-state index contributed by atoms with van der Waals surface area (Å²) in [6.07, 6.45) is 6.55. The molecule has 1 aromatic heterocycles. The second kappa shape index (κ2) is 11.8. The highest BCUT2D eigenvalue weighted by Crippen LogP contribution is 2.44. The number of ether oxygens (including phenoxy) is 3. The Kier molecular flexibility index (Phi) is 7.53. The summed E-state index contributed by atoms with van der Waals surface area (Å²) in [5, 5.41) is 7.91. The number of aromatic amines is 1. The van der Waals surface area contributed by atoms with Gasteiger partial charge in [0.05, 0.1) is 25.6 Å². The Morgan fingerprint density at radius 2 is 1.44 bits per heavy atom. The van der Waals surface area contributed by atoms with Gasteiger partial charge in [0.15, 0.2) is 11.5 Å². The molecule has 8 heteroatoms. The number of H-pyrrole nitrogens is 1. The summed E-state index contributed by atoms with van der Waals surface area (Å²) in [7, 11) is 3.31. The van der Waals surface area contributed by atoms with Gasteiger partial charge in [-0.25, -0.2) is 4.79 Å². The predicted molar refractivity (Wildman–Crippen MR) is 167 cm³/mol. The van der Waals surface area contributed by atoms with Crippen LogP contribution in [0.25, 0.3) is 33.6 Å². The lowest BCUT2D eigenvalue weighted by Gasteiger charge is -2.39. The summed E-state index contributed by atoms with van der Waals surface area (Å²) < 4.78 is 16.8. The minimum absolute atomic E-state index is 0.250. The Bertz CT molecular complexity index is 1600. The first-order chi connectivity index (χ1) is 21.1. The number of hydrogen-bond donors (Lipinski definition) is 1. The Balaban J connectivity index is 0.984. The zero-order valence-corrected chi connectivity index (χ0v) is 24.9. The quantitative estimate of drug-likeness (QED) is 0.239. The van der Waals surface area contributed by atoms with Crippen molar-refractivity contribution >= 4 is 6.09 Å². The molecule has 0 spiro atoms. The maximum absolute atomic E-state index is 12.8. The molecular weight excluding hydrogens is 540 g/mol. The van der Waals surface area contributed by atoms with Gasteiger partial charge < -0.3 is 24.0 Å². The summed E-state index contributed by atoms with van der Waals surface area (Å²) in [4.78, 5) is 17.3. The molecule has 222 valence electrons. The van der Waals surface area contributed by atoms with E-state index in [-0.39, 0.29) is 6.09 Å². The molecule has 3 aliphatic rings. The third-order valence-electron chi connectivity index (χ3n) is 9.29. The Morgan fingerprint density at radius 3 is 2.12 bits per heavy atom. The minimum Gasteiger partial charge on any atom is -0.493 e. The van der Waals surface area contributed by atoms with Gasteiger partial charge in [-0.2, -0.15) is 5.10 Å². The summed E-state index contributed by atoms with van der Waals surface area (Å²) in [5.74, 6) is 2.02. The average Bonchev–Trinajstić information content (AvgIpc) is 3.64. The molecule has 3 aromatic carbocycles. The molecule has 0 bridgehead atoms. The normalized spacial score (nSPS) is 16.9. The molecular formula is C35H38N4O4. The van der Waals surface area contributed by atoms with E-state index in [2.05, 4.69) is 39.4 Å². The van der Waals surface area contributed by atoms with Gasteiger partial charge in [-0.3, -0.25) is 5.10 Å². The number of methoxy groups -OCH3 is 2. The third kappa shape index (κ3) is 5.36. The van der Waals surface area contributed by atoms with E-state index in [0.717, 1.165) is 71.7 Å². The number of nitrogens with one attached hydrogen (secondary N) is 1. The van der Waals surface area contributed by atoms with Gasteiger partial charge in [-0.15, -0.1) is 0 Å². The standard InChI is InChI=1S/C35H38N4O4/c1-41-31-21-26-20-30-33(36-37-34(30)29(26)22-32(31)42-2)25-8-6-23(7-9-25)24-10-12-28(13-11-24)43-35(40)39-18-14-27(15-19-39)38-16-4-3-5-17-38/h6-13,21-22,27H,3-5,14-20H2,1-2H3,(H,36,37). The van der Waals surface area contributed by atoms with Crippen molar-refractivity contribution in [2.75, 3.05) is 40.4 Å². The van der Waals surface area contributed by atoms with Crippen LogP contribution in [0.1, 0.15) is 43.2 Å². The first-order valence-electron chi connectivity index (χ1n) is 15.4. The van der Waals surface area contributed by atoms with Crippen LogP contribution in [0.2, 0.25) is 0 Å². The highest BCUT2D eigenvalue weighted by atomic mass is 16.6. The summed E-state index contributed by atoms with van der Waals surface area (Å²) in [6, 6.07) is 20.9. The van der Waals surface area contributed by atoms with E-state index >= 15 is 0 Å². The molecule has 1 N–H and O–H groups in total. The summed E-state index contributed by atoms with van der Waals surface area (Å²) in [6.45, 7) is 3.93. The number of nitrogens with zero attached hydrogens (tertiary/aromatic N) is 3. The smallest absolute Gasteiger partial charge is 0.415 e. The van der Waals surface area contributed by atoms with Crippen molar-refractivity contribution in [2.24, 2.45) is 0 Å². The fourth-order valence-electron chi connectivity index (χ4n) is 6.89. The van der Waals surface area contributed by atoms with E-state index in [1.54, 1.807) is 14.2 Å². The van der Waals surface area contributed by atoms with Gasteiger partial charge in [0.2, 0.25) is 0 Å². The van der Waals surface area contributed by atoms with Crippen molar-refractivity contribution in [3.63, 3.8) is 0 Å². The monoisotopic (exact) mass is 578 g/mol. The van der Waals surface area contributed by atoms with Gasteiger partial charge in [-0.1, -0.05) is 42.8 Å². The van der Waals surface area contributed by atoms with Gasteiger partial charge in [0.1, 0.15) is 5.75 Å². The van der Waals surface area contributed by atoms with E-state index in [0.29, 0.717) is 17.5 Å². The molecule has 0 radical (unpaired) electrons. The molecule has 2 aliphatic heterocycles. The van der Waals surface area contributed by atoms with Gasteiger partial charge >= 0.3 is 6.09 Å². The Labute approximate surface area is 252 Å². The van der Waals surface area contributed by atoms with Crippen LogP contribution in [0, 0.1) is 0 Å². The highest BCUT2D eigenvalue weighted by Gasteiger charge is 2.29. The molecule has 8 nitrogen and oxygen atoms in total. The molecule has 2 saturated heterocycles. The largest absolute Gasteiger partial charge is 0.493 e. The number of hydrogen-bond acceptors (Lipinski definition) is 6. The van der Waals surface area contributed by atoms with Crippen LogP contribution in [0.5, 0.6) is 17.2 Å². The number of benzene rings is 3. The van der Waals surface area contributed by atoms with Crippen LogP contribution in [0.3, 0.4) is 0 Å². The number of carbonyl (C=O) groups excluding carboxylic acids is 1. The fourth-order valence-corrected chi connectivity index (χ4v) is 6.89. The number of amides is 1. The van der Waals surface area contributed by atoms with Crippen LogP contribution in [0.15, 0.2) is 60.7 Å². The molecule has 0 atom stereocenters. The zero-order chi connectivity index (χ0) is 29.3. The zero-order valence-electron chi connectivity index (χ0n) is 24.9. The molecule has 0 unspecified atom stereocenters. The number of likely N-dealkylation sites (tertiary alicyclic amines) is 2. The molecule has 43 heavy (non-hydrogen) atoms. The average molecular weight is 579 g/mol. The van der Waals surface area contributed by atoms with Crippen molar-refractivity contribution < 1.29 is 19.0 Å². The Hall–Kier alpha value is -4.30. The third-order valence-corrected chi connectivity index (χ3v) is 9.29. The summed E-state index contributed by atoms with van der Waals surface area (Å²) in [5.41, 5.74) is 8.68. The van der Waals surface area contributed by atoms with E-state index < -0.39 is 0 Å². The van der Waals surface area contributed by atoms with E-state index in [9.17, 15) is 4.79 Å². The van der Waals surface area contributed by atoms with Crippen molar-refractivity contribution in [1.82, 2.24) is 20.0 Å². The predicted octanol–water partition coefficient (Wildman–Crippen LogP) is 6.78. The van der Waals surface area contributed by atoms with Crippen LogP contribution in [-0.2, 0) is 6.42 Å². The van der Waals surface area contributed by atoms with E-state index in [1.807, 2.05) is 41.3 Å². The fraction of sp³-hybridized carbons (Fsp3) is 0.371. The Morgan fingerprint density at radius 1 is 0.814 bits per heavy atom. The second-order valence-corrected chi connectivity index (χ2v) is 11.8. The van der Waals surface area contributed by atoms with Gasteiger partial charge in [-0.05, 0) is 79.7 Å². The molecule has 3 heterocycles. The number of fused-ring (bicyclic) bond motifs is 3. The van der Waals surface area contributed by atoms with E-state index in [1.165, 1.54) is 43.5 Å². The highest BCUT2D eigenvalue weighted by molar-refractivity contribution is 5.83. The number of aromatic nitrogens is 2. The lowest BCUT2D eigenvalue weighted by molar-refractivity contribution is 0.0878. The van der Waals surface area contributed by atoms with Crippen molar-refractivity contribution in [1.29, 1.82) is 0 Å². The van der Waals surface area contributed by atoms with Crippen LogP contribution in [0.4, 0.5) is 4.79 Å². The number of carbonyl (C=O) groups is 1. The second-order valence-electron chi connectivity index (χ2n) is 11.8. The van der Waals surface area contributed by atoms with Gasteiger partial charge in [0.25, 0.3) is 0 Å². The van der Waals surface area contributed by atoms with Crippen LogP contribution in [-0.4, -0.2) is 72.5 Å². The number of rotatable bonds is 6. The molecule has 2 fully saturated rings. The first kappa shape index (κ1) is 27.5. The van der Waals surface area contributed by atoms with E-state index in [4.69, 9.17) is 14.2 Å². The van der Waals surface area contributed by atoms with Crippen LogP contribution >= 0.6 is 0 Å². The summed E-state index contributed by atoms with van der Waals surface area (Å²) >= 11 is 0. The molecule has 0 saturated carbocycles. The first-order valence-corrected chi connectivity index (χ1v) is 15.4. The molecule has 1 aliphatic carbocycles. The van der Waals surface area contributed by atoms with Crippen LogP contribution < -0.4 is 14.2 Å². The minimum atomic E-state index is -0.250. The van der Waals surface area contributed by atoms with Crippen molar-refractivity contribution in [3.8, 4) is 50.9 Å². The molecule has 7 rings (SSSR count). The molecule has 4 aromatic rings. The lowest BCUT2D eigenvalue weighted by Crippen LogP contribution is -2.48. The van der Waals surface area contributed by atoms with Crippen molar-refractivity contribution in [3.05, 3.63) is 71.8 Å². The topological polar surface area (TPSA) is 79.9 Å². The lowest BCUT2D eigenvalue weighted by atomic mass is 10.0. The SMILES string of the molecule is COc1cc2c(cc1OC)-c1[nH]nc(-c3ccc(-c4ccc(OC(=O)N5CCC(N6CCCCC6)CC5)cc4)cc3)c1C2. The maximum Gasteiger partial charge on any atom is 0.415 e. The van der Waals surface area contributed by atoms with Crippen molar-refractivity contribution in [2.45, 2.75) is 44.6 Å².